The van der Waals surface area contributed by atoms with Crippen LogP contribution in [-0.2, 0) is 36.6 Å². The Morgan fingerprint density at radius 3 is 2.35 bits per heavy atom. The van der Waals surface area contributed by atoms with E-state index in [1.54, 1.807) is 0 Å². The third-order valence-electron chi connectivity index (χ3n) is 3.50. The first kappa shape index (κ1) is 24.2. The van der Waals surface area contributed by atoms with E-state index in [9.17, 15) is 14.0 Å². The SMILES string of the molecule is BC1CC(OP(=O)(OO)OCCCOP(=O)(O)OCCCO)C(CC)O1. The topological polar surface area (TPSA) is 150 Å². The predicted octanol–water partition coefficient (Wildman–Crippen LogP) is 1.05. The quantitative estimate of drug-likeness (QED) is 0.122. The van der Waals surface area contributed by atoms with E-state index < -0.39 is 21.7 Å². The molecule has 0 aliphatic carbocycles. The lowest BCUT2D eigenvalue weighted by Crippen LogP contribution is -2.23. The van der Waals surface area contributed by atoms with Crippen molar-refractivity contribution >= 4 is 23.5 Å². The number of rotatable bonds is 14. The minimum Gasteiger partial charge on any atom is -0.396 e. The van der Waals surface area contributed by atoms with E-state index in [1.807, 2.05) is 14.8 Å². The first-order valence-electron chi connectivity index (χ1n) is 8.39. The van der Waals surface area contributed by atoms with E-state index in [-0.39, 0.29) is 51.4 Å². The molecule has 1 heterocycles. The summed E-state index contributed by atoms with van der Waals surface area (Å²) in [7, 11) is -6.57. The summed E-state index contributed by atoms with van der Waals surface area (Å²) in [4.78, 5) is 9.35. The Morgan fingerprint density at radius 1 is 1.15 bits per heavy atom. The van der Waals surface area contributed by atoms with Crippen LogP contribution in [-0.4, -0.2) is 67.7 Å². The van der Waals surface area contributed by atoms with E-state index in [0.717, 1.165) is 0 Å². The molecule has 1 aliphatic rings. The molecule has 1 aliphatic heterocycles. The predicted molar refractivity (Wildman–Crippen MR) is 92.3 cm³/mol. The second-order valence-electron chi connectivity index (χ2n) is 5.70. The van der Waals surface area contributed by atoms with Crippen LogP contribution < -0.4 is 0 Å². The molecule has 5 unspecified atom stereocenters. The molecule has 1 rings (SSSR count). The van der Waals surface area contributed by atoms with Gasteiger partial charge in [-0.1, -0.05) is 6.92 Å². The van der Waals surface area contributed by atoms with Gasteiger partial charge in [-0.3, -0.25) is 18.1 Å². The molecule has 0 bridgehead atoms. The summed E-state index contributed by atoms with van der Waals surface area (Å²) in [5, 5.41) is 17.4. The van der Waals surface area contributed by atoms with Crippen molar-refractivity contribution in [1.29, 1.82) is 0 Å². The van der Waals surface area contributed by atoms with Crippen LogP contribution in [0, 0.1) is 0 Å². The third kappa shape index (κ3) is 8.90. The number of phosphoric acid groups is 2. The number of phosphoric ester groups is 2. The van der Waals surface area contributed by atoms with Gasteiger partial charge in [0.25, 0.3) is 0 Å². The zero-order valence-corrected chi connectivity index (χ0v) is 16.7. The van der Waals surface area contributed by atoms with Crippen molar-refractivity contribution in [2.75, 3.05) is 26.4 Å². The molecule has 1 fully saturated rings. The molecule has 11 nitrogen and oxygen atoms in total. The third-order valence-corrected chi connectivity index (χ3v) is 5.75. The second-order valence-corrected chi connectivity index (χ2v) is 8.68. The molecule has 1 saturated heterocycles. The highest BCUT2D eigenvalue weighted by Crippen LogP contribution is 2.52. The number of hydrogen-bond donors (Lipinski definition) is 3. The van der Waals surface area contributed by atoms with Crippen molar-refractivity contribution < 1.29 is 51.9 Å². The number of hydrogen-bond acceptors (Lipinski definition) is 10. The van der Waals surface area contributed by atoms with E-state index in [4.69, 9.17) is 24.1 Å². The van der Waals surface area contributed by atoms with Crippen LogP contribution in [0.2, 0.25) is 0 Å². The molecule has 0 aromatic heterocycles. The summed E-state index contributed by atoms with van der Waals surface area (Å²) in [6.07, 6.45) is 0.569. The second kappa shape index (κ2) is 11.9. The van der Waals surface area contributed by atoms with Crippen molar-refractivity contribution in [3.8, 4) is 0 Å². The Morgan fingerprint density at radius 2 is 1.77 bits per heavy atom. The Hall–Kier alpha value is 0.165. The van der Waals surface area contributed by atoms with Gasteiger partial charge >= 0.3 is 15.6 Å². The summed E-state index contributed by atoms with van der Waals surface area (Å²) in [5.74, 6) is 0. The lowest BCUT2D eigenvalue weighted by atomic mass is 9.96. The van der Waals surface area contributed by atoms with E-state index in [2.05, 4.69) is 13.7 Å². The Bertz CT molecular complexity index is 494. The van der Waals surface area contributed by atoms with Crippen LogP contribution >= 0.6 is 15.6 Å². The summed E-state index contributed by atoms with van der Waals surface area (Å²) in [6, 6.07) is -0.0741. The molecule has 26 heavy (non-hydrogen) atoms. The van der Waals surface area contributed by atoms with Crippen molar-refractivity contribution in [3.63, 3.8) is 0 Å². The van der Waals surface area contributed by atoms with Gasteiger partial charge in [-0.05, 0) is 25.7 Å². The smallest absolute Gasteiger partial charge is 0.396 e. The van der Waals surface area contributed by atoms with Crippen LogP contribution in [0.25, 0.3) is 0 Å². The Kier molecular flexibility index (Phi) is 11.1. The standard InChI is InChI=1S/C12H27BO11P2/c1-2-10-11(9-12(13)22-10)23-26(18,24-15)21-8-4-7-20-25(16,17)19-6-3-5-14/h10-12,14-15H,2-9,13H2,1H3,(H,16,17). The summed E-state index contributed by atoms with van der Waals surface area (Å²) < 4.78 is 52.7. The minimum atomic E-state index is -4.22. The van der Waals surface area contributed by atoms with Crippen molar-refractivity contribution in [2.24, 2.45) is 0 Å². The van der Waals surface area contributed by atoms with Crippen LogP contribution in [0.4, 0.5) is 0 Å². The van der Waals surface area contributed by atoms with E-state index in [0.29, 0.717) is 12.8 Å². The average Bonchev–Trinajstić information content (AvgIpc) is 2.93. The van der Waals surface area contributed by atoms with Gasteiger partial charge in [0.15, 0.2) is 0 Å². The molecule has 154 valence electrons. The zero-order chi connectivity index (χ0) is 19.6. The van der Waals surface area contributed by atoms with Crippen molar-refractivity contribution in [1.82, 2.24) is 0 Å². The largest absolute Gasteiger partial charge is 0.502 e. The summed E-state index contributed by atoms with van der Waals surface area (Å²) in [5.41, 5.74) is 0. The van der Waals surface area contributed by atoms with Gasteiger partial charge < -0.3 is 14.7 Å². The Labute approximate surface area is 153 Å². The average molecular weight is 420 g/mol. The maximum Gasteiger partial charge on any atom is 0.502 e. The molecule has 0 radical (unpaired) electrons. The summed E-state index contributed by atoms with van der Waals surface area (Å²) >= 11 is 0. The number of ether oxygens (including phenoxy) is 1. The molecular weight excluding hydrogens is 393 g/mol. The van der Waals surface area contributed by atoms with Gasteiger partial charge in [-0.2, -0.15) is 0 Å². The molecule has 5 atom stereocenters. The minimum absolute atomic E-state index is 0.0688. The van der Waals surface area contributed by atoms with E-state index in [1.165, 1.54) is 0 Å². The fourth-order valence-corrected chi connectivity index (χ4v) is 4.17. The maximum atomic E-state index is 12.3. The van der Waals surface area contributed by atoms with Crippen LogP contribution in [0.1, 0.15) is 32.6 Å². The monoisotopic (exact) mass is 420 g/mol. The Balaban J connectivity index is 2.32. The van der Waals surface area contributed by atoms with Gasteiger partial charge in [-0.25, -0.2) is 14.4 Å². The fourth-order valence-electron chi connectivity index (χ4n) is 2.33. The van der Waals surface area contributed by atoms with Gasteiger partial charge in [0.05, 0.1) is 32.0 Å². The van der Waals surface area contributed by atoms with Crippen LogP contribution in [0.15, 0.2) is 0 Å². The number of aliphatic hydroxyl groups is 1. The molecule has 0 aromatic carbocycles. The van der Waals surface area contributed by atoms with Crippen LogP contribution in [0.5, 0.6) is 0 Å². The molecule has 0 spiro atoms. The first-order chi connectivity index (χ1) is 12.2. The normalized spacial score (nSPS) is 27.9. The highest BCUT2D eigenvalue weighted by Gasteiger charge is 2.40. The van der Waals surface area contributed by atoms with Crippen molar-refractivity contribution in [3.05, 3.63) is 0 Å². The highest BCUT2D eigenvalue weighted by molar-refractivity contribution is 7.48. The first-order valence-corrected chi connectivity index (χ1v) is 11.3. The molecular formula is C12H27BO11P2. The van der Waals surface area contributed by atoms with Gasteiger partial charge in [-0.15, -0.1) is 4.67 Å². The fraction of sp³-hybridized carbons (Fsp3) is 1.00. The maximum absolute atomic E-state index is 12.3. The van der Waals surface area contributed by atoms with Crippen LogP contribution in [0.3, 0.4) is 0 Å². The lowest BCUT2D eigenvalue weighted by Gasteiger charge is -2.21. The van der Waals surface area contributed by atoms with Gasteiger partial charge in [0.1, 0.15) is 7.85 Å². The molecule has 0 aromatic rings. The van der Waals surface area contributed by atoms with Gasteiger partial charge in [0, 0.05) is 12.6 Å². The lowest BCUT2D eigenvalue weighted by molar-refractivity contribution is -0.171. The molecule has 0 amide bonds. The zero-order valence-electron chi connectivity index (χ0n) is 14.9. The van der Waals surface area contributed by atoms with E-state index >= 15 is 0 Å². The highest BCUT2D eigenvalue weighted by atomic mass is 31.2. The van der Waals surface area contributed by atoms with Crippen molar-refractivity contribution in [2.45, 2.75) is 50.8 Å². The number of aliphatic hydroxyl groups excluding tert-OH is 1. The molecule has 14 heteroatoms. The molecule has 0 saturated carbocycles. The molecule has 3 N–H and O–H groups in total. The summed E-state index contributed by atoms with van der Waals surface area (Å²) in [6.45, 7) is 1.16. The van der Waals surface area contributed by atoms with Gasteiger partial charge in [0.2, 0.25) is 0 Å².